The summed E-state index contributed by atoms with van der Waals surface area (Å²) in [5.74, 6) is -2.46. The van der Waals surface area contributed by atoms with Crippen LogP contribution in [-0.2, 0) is 42.3 Å². The molecule has 0 N–H and O–H groups in total. The van der Waals surface area contributed by atoms with E-state index in [2.05, 4.69) is 4.18 Å². The number of hydrogen-bond acceptors (Lipinski definition) is 15. The number of halogens is 3. The van der Waals surface area contributed by atoms with Crippen molar-refractivity contribution < 1.29 is 82.8 Å². The van der Waals surface area contributed by atoms with Crippen LogP contribution >= 0.6 is 0 Å². The molecule has 6 aromatic carbocycles. The third kappa shape index (κ3) is 14.7. The van der Waals surface area contributed by atoms with Crippen molar-refractivity contribution in [3.8, 4) is 28.7 Å². The Morgan fingerprint density at radius 2 is 0.852 bits per heavy atom. The van der Waals surface area contributed by atoms with E-state index in [1.165, 1.54) is 34.1 Å². The van der Waals surface area contributed by atoms with Crippen LogP contribution in [-0.4, -0.2) is 65.6 Å². The second kappa shape index (κ2) is 27.4. The molecule has 0 saturated heterocycles. The molecular weight excluding hydrogens is 1070 g/mol. The second-order valence-electron chi connectivity index (χ2n) is 19.0. The van der Waals surface area contributed by atoms with E-state index in [-0.39, 0.29) is 48.4 Å². The lowest BCUT2D eigenvalue weighted by Crippen LogP contribution is -2.29. The van der Waals surface area contributed by atoms with Gasteiger partial charge in [-0.1, -0.05) is 72.8 Å². The van der Waals surface area contributed by atoms with Gasteiger partial charge in [-0.05, 0) is 180 Å². The van der Waals surface area contributed by atoms with E-state index < -0.39 is 50.8 Å². The van der Waals surface area contributed by atoms with Gasteiger partial charge in [0, 0.05) is 19.8 Å². The van der Waals surface area contributed by atoms with Crippen LogP contribution in [0.15, 0.2) is 78.9 Å². The molecule has 6 rings (SSSR count). The Morgan fingerprint density at radius 1 is 0.481 bits per heavy atom. The van der Waals surface area contributed by atoms with Gasteiger partial charge in [-0.3, -0.25) is 0 Å². The SMILES string of the molecule is C/C=C/c1c(C)c(OCc2ccccc2)cc(C)c1C(=O)Oc1c(C)c(C)c(C(=O)OCOC)c(C)c1C.COCOC(=O)c1c(C)c(C)c(OC(=O)c2c(C)cc(OCc3ccccc3)c(C)c2OS(=O)(=O)C(F)(F)F)c(C)c1C. The minimum Gasteiger partial charge on any atom is -0.489 e. The fraction of sp³-hybridized carbons (Fsp3) is 0.323. The van der Waals surface area contributed by atoms with Crippen molar-refractivity contribution in [2.75, 3.05) is 27.8 Å². The van der Waals surface area contributed by atoms with E-state index in [1.807, 2.05) is 97.0 Å². The number of aryl methyl sites for hydroxylation is 2. The maximum atomic E-state index is 13.7. The van der Waals surface area contributed by atoms with Crippen molar-refractivity contribution in [1.29, 1.82) is 0 Å². The summed E-state index contributed by atoms with van der Waals surface area (Å²) in [7, 11) is -3.37. The van der Waals surface area contributed by atoms with E-state index in [9.17, 15) is 40.8 Å². The van der Waals surface area contributed by atoms with Crippen molar-refractivity contribution in [2.45, 2.75) is 109 Å². The van der Waals surface area contributed by atoms with Gasteiger partial charge in [0.1, 0.15) is 41.8 Å². The van der Waals surface area contributed by atoms with Crippen LogP contribution in [0.25, 0.3) is 6.08 Å². The molecule has 0 radical (unpaired) electrons. The van der Waals surface area contributed by atoms with Crippen LogP contribution in [0.3, 0.4) is 0 Å². The lowest BCUT2D eigenvalue weighted by atomic mass is 9.92. The third-order valence-electron chi connectivity index (χ3n) is 13.7. The summed E-state index contributed by atoms with van der Waals surface area (Å²) in [4.78, 5) is 52.5. The quantitative estimate of drug-likeness (QED) is 0.0245. The highest BCUT2D eigenvalue weighted by Gasteiger charge is 2.49. The minimum absolute atomic E-state index is 0.00301. The number of carbonyl (C=O) groups is 4. The van der Waals surface area contributed by atoms with Gasteiger partial charge < -0.3 is 42.1 Å². The van der Waals surface area contributed by atoms with Gasteiger partial charge >= 0.3 is 39.5 Å². The molecule has 0 aliphatic rings. The van der Waals surface area contributed by atoms with E-state index >= 15 is 0 Å². The maximum absolute atomic E-state index is 13.7. The van der Waals surface area contributed by atoms with E-state index in [0.29, 0.717) is 73.7 Å². The minimum atomic E-state index is -6.18. The molecule has 0 amide bonds. The summed E-state index contributed by atoms with van der Waals surface area (Å²) in [6.07, 6.45) is 3.80. The molecule has 0 aromatic heterocycles. The first-order valence-corrected chi connectivity index (χ1v) is 26.8. The lowest BCUT2D eigenvalue weighted by molar-refractivity contribution is -0.0501. The Bertz CT molecular complexity index is 3420. The molecular formula is C62H67F3O15S. The Labute approximate surface area is 471 Å². The molecule has 19 heteroatoms. The highest BCUT2D eigenvalue weighted by molar-refractivity contribution is 7.88. The molecule has 81 heavy (non-hydrogen) atoms. The Hall–Kier alpha value is -8.00. The number of allylic oxidation sites excluding steroid dienone is 1. The molecule has 432 valence electrons. The highest BCUT2D eigenvalue weighted by Crippen LogP contribution is 2.41. The predicted molar refractivity (Wildman–Crippen MR) is 299 cm³/mol. The zero-order valence-electron chi connectivity index (χ0n) is 48.1. The molecule has 0 atom stereocenters. The van der Waals surface area contributed by atoms with Gasteiger partial charge in [-0.2, -0.15) is 21.6 Å². The van der Waals surface area contributed by atoms with Crippen LogP contribution < -0.4 is 23.1 Å². The number of benzene rings is 6. The fourth-order valence-corrected chi connectivity index (χ4v) is 9.35. The molecule has 0 fully saturated rings. The molecule has 0 aliphatic heterocycles. The zero-order valence-corrected chi connectivity index (χ0v) is 48.9. The van der Waals surface area contributed by atoms with Gasteiger partial charge in [0.05, 0.1) is 16.7 Å². The summed E-state index contributed by atoms with van der Waals surface area (Å²) in [6.45, 7) is 22.1. The Kier molecular flexibility index (Phi) is 21.6. The van der Waals surface area contributed by atoms with Crippen molar-refractivity contribution >= 4 is 40.1 Å². The number of methoxy groups -OCH3 is 2. The Morgan fingerprint density at radius 3 is 1.22 bits per heavy atom. The molecule has 0 unspecified atom stereocenters. The second-order valence-corrected chi connectivity index (χ2v) is 20.6. The zero-order chi connectivity index (χ0) is 60.3. The fourth-order valence-electron chi connectivity index (χ4n) is 8.83. The number of alkyl halides is 3. The van der Waals surface area contributed by atoms with Crippen LogP contribution in [0, 0.1) is 83.1 Å². The van der Waals surface area contributed by atoms with Crippen molar-refractivity contribution in [3.63, 3.8) is 0 Å². The molecule has 0 spiro atoms. The molecule has 0 heterocycles. The molecule has 6 aromatic rings. The molecule has 0 saturated carbocycles. The average molecular weight is 1140 g/mol. The van der Waals surface area contributed by atoms with Gasteiger partial charge in [0.15, 0.2) is 19.3 Å². The first-order chi connectivity index (χ1) is 38.1. The maximum Gasteiger partial charge on any atom is 0.534 e. The molecule has 0 bridgehead atoms. The monoisotopic (exact) mass is 1140 g/mol. The van der Waals surface area contributed by atoms with Crippen molar-refractivity contribution in [1.82, 2.24) is 0 Å². The molecule has 15 nitrogen and oxygen atoms in total. The summed E-state index contributed by atoms with van der Waals surface area (Å²) in [5.41, 5.74) is 3.30. The number of esters is 4. The number of hydrogen-bond donors (Lipinski definition) is 0. The largest absolute Gasteiger partial charge is 0.534 e. The number of rotatable bonds is 19. The van der Waals surface area contributed by atoms with Gasteiger partial charge in [0.25, 0.3) is 0 Å². The summed E-state index contributed by atoms with van der Waals surface area (Å²) in [6, 6.07) is 22.1. The first-order valence-electron chi connectivity index (χ1n) is 25.4. The lowest BCUT2D eigenvalue weighted by Gasteiger charge is -2.21. The number of ether oxygens (including phenoxy) is 8. The van der Waals surface area contributed by atoms with Gasteiger partial charge in [-0.25, -0.2) is 19.2 Å². The van der Waals surface area contributed by atoms with Crippen molar-refractivity contribution in [3.05, 3.63) is 185 Å². The van der Waals surface area contributed by atoms with Gasteiger partial charge in [-0.15, -0.1) is 0 Å². The summed E-state index contributed by atoms with van der Waals surface area (Å²) < 4.78 is 112. The smallest absolute Gasteiger partial charge is 0.489 e. The van der Waals surface area contributed by atoms with Crippen molar-refractivity contribution in [2.24, 2.45) is 0 Å². The standard InChI is InChI=1S/C32H36O6.C30H31F3O9S/c1-9-13-26-24(7)27(36-17-25-14-11-10-12-15-25)16-19(2)28(26)32(34)38-30-22(5)20(3)29(21(4)23(30)6)31(33)37-18-35-8;1-16-13-23(39-14-22-11-9-8-10-12-22)21(6)27(42-43(36,37)30(31,32)33)24(16)29(35)41-26-19(4)17(2)25(18(3)20(26)5)28(34)40-15-38-7/h9-16H,17-18H2,1-8H3;8-13H,14-15H2,1-7H3/b13-9+;. The summed E-state index contributed by atoms with van der Waals surface area (Å²) in [5, 5.41) is 0. The average Bonchev–Trinajstić information content (AvgIpc) is 3.57. The van der Waals surface area contributed by atoms with E-state index in [1.54, 1.807) is 58.0 Å². The normalized spacial score (nSPS) is 11.4. The topological polar surface area (TPSA) is 185 Å². The number of carbonyl (C=O) groups excluding carboxylic acids is 4. The third-order valence-corrected chi connectivity index (χ3v) is 14.6. The van der Waals surface area contributed by atoms with E-state index in [4.69, 9.17) is 37.9 Å². The van der Waals surface area contributed by atoms with E-state index in [0.717, 1.165) is 27.8 Å². The van der Waals surface area contributed by atoms with Crippen LogP contribution in [0.4, 0.5) is 13.2 Å². The first kappa shape index (κ1) is 63.8. The summed E-state index contributed by atoms with van der Waals surface area (Å²) >= 11 is 0. The Balaban J connectivity index is 0.000000300. The van der Waals surface area contributed by atoms with Crippen LogP contribution in [0.1, 0.15) is 132 Å². The highest BCUT2D eigenvalue weighted by atomic mass is 32.2. The molecule has 0 aliphatic carbocycles. The van der Waals surface area contributed by atoms with Crippen LogP contribution in [0.5, 0.6) is 28.7 Å². The van der Waals surface area contributed by atoms with Gasteiger partial charge in [0.2, 0.25) is 0 Å². The van der Waals surface area contributed by atoms with Crippen LogP contribution in [0.2, 0.25) is 0 Å². The predicted octanol–water partition coefficient (Wildman–Crippen LogP) is 13.5.